The van der Waals surface area contributed by atoms with Gasteiger partial charge in [-0.05, 0) is 40.9 Å². The lowest BCUT2D eigenvalue weighted by molar-refractivity contribution is 0.326. The summed E-state index contributed by atoms with van der Waals surface area (Å²) in [6.07, 6.45) is 0.938. The van der Waals surface area contributed by atoms with E-state index >= 15 is 0 Å². The third-order valence-electron chi connectivity index (χ3n) is 3.86. The number of benzene rings is 1. The van der Waals surface area contributed by atoms with Gasteiger partial charge in [0.05, 0.1) is 18.7 Å². The molecule has 0 bridgehead atoms. The maximum atomic E-state index is 12.7. The van der Waals surface area contributed by atoms with Crippen LogP contribution in [0.1, 0.15) is 13.3 Å². The van der Waals surface area contributed by atoms with E-state index in [-0.39, 0.29) is 22.6 Å². The highest BCUT2D eigenvalue weighted by Gasteiger charge is 2.29. The maximum absolute atomic E-state index is 12.7. The summed E-state index contributed by atoms with van der Waals surface area (Å²) in [5.41, 5.74) is 0. The minimum absolute atomic E-state index is 0.0767. The Hall–Kier alpha value is -0.830. The average Bonchev–Trinajstić information content (AvgIpc) is 2.48. The van der Waals surface area contributed by atoms with Gasteiger partial charge in [-0.1, -0.05) is 6.92 Å². The summed E-state index contributed by atoms with van der Waals surface area (Å²) in [5.74, 6) is 0.993. The molecule has 1 aliphatic heterocycles. The van der Waals surface area contributed by atoms with E-state index in [9.17, 15) is 8.42 Å². The van der Waals surface area contributed by atoms with E-state index in [2.05, 4.69) is 26.0 Å². The predicted molar refractivity (Wildman–Crippen MR) is 88.0 cm³/mol. The third-order valence-corrected chi connectivity index (χ3v) is 5.99. The molecule has 1 saturated heterocycles. The van der Waals surface area contributed by atoms with Crippen molar-refractivity contribution in [2.75, 3.05) is 27.3 Å². The molecule has 2 rings (SSSR count). The Labute approximate surface area is 139 Å². The van der Waals surface area contributed by atoms with Gasteiger partial charge < -0.3 is 14.8 Å². The summed E-state index contributed by atoms with van der Waals surface area (Å²) in [6, 6.07) is 2.92. The zero-order chi connectivity index (χ0) is 16.3. The van der Waals surface area contributed by atoms with Crippen LogP contribution in [0.4, 0.5) is 0 Å². The molecule has 0 saturated carbocycles. The molecule has 0 spiro atoms. The van der Waals surface area contributed by atoms with Crippen molar-refractivity contribution in [2.45, 2.75) is 24.3 Å². The van der Waals surface area contributed by atoms with E-state index in [0.29, 0.717) is 16.8 Å². The van der Waals surface area contributed by atoms with Gasteiger partial charge in [-0.15, -0.1) is 0 Å². The summed E-state index contributed by atoms with van der Waals surface area (Å²) in [5, 5.41) is 3.21. The quantitative estimate of drug-likeness (QED) is 0.797. The molecular formula is C14H21BrN2O4S. The minimum atomic E-state index is -3.70. The highest BCUT2D eigenvalue weighted by atomic mass is 79.9. The van der Waals surface area contributed by atoms with Gasteiger partial charge in [-0.3, -0.25) is 0 Å². The van der Waals surface area contributed by atoms with Crippen LogP contribution >= 0.6 is 15.9 Å². The summed E-state index contributed by atoms with van der Waals surface area (Å²) in [4.78, 5) is 0.0767. The van der Waals surface area contributed by atoms with Crippen molar-refractivity contribution >= 4 is 26.0 Å². The fourth-order valence-corrected chi connectivity index (χ4v) is 4.45. The lowest BCUT2D eigenvalue weighted by atomic mass is 9.96. The topological polar surface area (TPSA) is 76.7 Å². The number of halogens is 1. The molecule has 2 N–H and O–H groups in total. The van der Waals surface area contributed by atoms with Gasteiger partial charge in [0, 0.05) is 18.7 Å². The van der Waals surface area contributed by atoms with E-state index in [0.717, 1.165) is 13.0 Å². The van der Waals surface area contributed by atoms with Gasteiger partial charge in [0.1, 0.15) is 16.4 Å². The van der Waals surface area contributed by atoms with Crippen molar-refractivity contribution in [3.05, 3.63) is 16.6 Å². The molecule has 1 fully saturated rings. The van der Waals surface area contributed by atoms with Gasteiger partial charge in [-0.25, -0.2) is 13.1 Å². The zero-order valence-electron chi connectivity index (χ0n) is 12.8. The highest BCUT2D eigenvalue weighted by molar-refractivity contribution is 9.10. The van der Waals surface area contributed by atoms with Crippen LogP contribution in [0.3, 0.4) is 0 Å². The number of sulfonamides is 1. The Morgan fingerprint density at radius 1 is 1.27 bits per heavy atom. The van der Waals surface area contributed by atoms with Crippen molar-refractivity contribution in [2.24, 2.45) is 5.92 Å². The Balaban J connectivity index is 2.35. The molecule has 0 aliphatic carbocycles. The van der Waals surface area contributed by atoms with Crippen molar-refractivity contribution in [1.29, 1.82) is 0 Å². The predicted octanol–water partition coefficient (Wildman–Crippen LogP) is 1.74. The first-order valence-electron chi connectivity index (χ1n) is 7.03. The minimum Gasteiger partial charge on any atom is -0.496 e. The smallest absolute Gasteiger partial charge is 0.244 e. The Kier molecular flexibility index (Phi) is 5.70. The second-order valence-electron chi connectivity index (χ2n) is 5.34. The summed E-state index contributed by atoms with van der Waals surface area (Å²) in [6.45, 7) is 3.58. The molecule has 124 valence electrons. The molecule has 8 heteroatoms. The van der Waals surface area contributed by atoms with Gasteiger partial charge in [0.15, 0.2) is 0 Å². The monoisotopic (exact) mass is 392 g/mol. The summed E-state index contributed by atoms with van der Waals surface area (Å²) >= 11 is 3.33. The molecule has 0 radical (unpaired) electrons. The maximum Gasteiger partial charge on any atom is 0.244 e. The summed E-state index contributed by atoms with van der Waals surface area (Å²) in [7, 11) is -0.769. The SMILES string of the molecule is COc1cc(S(=O)(=O)NC2CNCCC2C)c(OC)cc1Br. The fourth-order valence-electron chi connectivity index (χ4n) is 2.45. The second-order valence-corrected chi connectivity index (χ2v) is 7.87. The molecule has 6 nitrogen and oxygen atoms in total. The normalized spacial score (nSPS) is 22.4. The second kappa shape index (κ2) is 7.16. The largest absolute Gasteiger partial charge is 0.496 e. The standard InChI is InChI=1S/C14H21BrN2O4S/c1-9-4-5-16-8-11(9)17-22(18,19)14-7-12(20-2)10(15)6-13(14)21-3/h6-7,9,11,16-17H,4-5,8H2,1-3H3. The number of methoxy groups -OCH3 is 2. The molecule has 2 atom stereocenters. The van der Waals surface area contributed by atoms with Crippen LogP contribution < -0.4 is 19.5 Å². The molecule has 1 heterocycles. The Bertz CT molecular complexity index is 636. The van der Waals surface area contributed by atoms with E-state index < -0.39 is 10.0 Å². The molecule has 2 unspecified atom stereocenters. The van der Waals surface area contributed by atoms with Crippen LogP contribution in [-0.2, 0) is 10.0 Å². The van der Waals surface area contributed by atoms with Gasteiger partial charge in [0.25, 0.3) is 0 Å². The highest BCUT2D eigenvalue weighted by Crippen LogP contribution is 2.35. The number of hydrogen-bond donors (Lipinski definition) is 2. The van der Waals surface area contributed by atoms with Crippen molar-refractivity contribution < 1.29 is 17.9 Å². The first kappa shape index (κ1) is 17.5. The molecular weight excluding hydrogens is 372 g/mol. The first-order valence-corrected chi connectivity index (χ1v) is 9.31. The molecule has 0 aromatic heterocycles. The van der Waals surface area contributed by atoms with Crippen LogP contribution in [0, 0.1) is 5.92 Å². The lowest BCUT2D eigenvalue weighted by Gasteiger charge is -2.30. The molecule has 1 aromatic carbocycles. The third kappa shape index (κ3) is 3.73. The number of piperidine rings is 1. The van der Waals surface area contributed by atoms with Crippen LogP contribution in [0.15, 0.2) is 21.5 Å². The molecule has 22 heavy (non-hydrogen) atoms. The Morgan fingerprint density at radius 2 is 1.95 bits per heavy atom. The van der Waals surface area contributed by atoms with Crippen molar-refractivity contribution in [1.82, 2.24) is 10.0 Å². The van der Waals surface area contributed by atoms with Crippen LogP contribution in [0.25, 0.3) is 0 Å². The lowest BCUT2D eigenvalue weighted by Crippen LogP contribution is -2.50. The van der Waals surface area contributed by atoms with E-state index in [4.69, 9.17) is 9.47 Å². The van der Waals surface area contributed by atoms with Crippen molar-refractivity contribution in [3.63, 3.8) is 0 Å². The number of ether oxygens (including phenoxy) is 2. The first-order chi connectivity index (χ1) is 10.4. The van der Waals surface area contributed by atoms with E-state index in [1.807, 2.05) is 6.92 Å². The molecule has 0 amide bonds. The average molecular weight is 393 g/mol. The van der Waals surface area contributed by atoms with E-state index in [1.54, 1.807) is 6.07 Å². The fraction of sp³-hybridized carbons (Fsp3) is 0.571. The van der Waals surface area contributed by atoms with Gasteiger partial charge in [-0.2, -0.15) is 0 Å². The van der Waals surface area contributed by atoms with Gasteiger partial charge >= 0.3 is 0 Å². The van der Waals surface area contributed by atoms with Crippen molar-refractivity contribution in [3.8, 4) is 11.5 Å². The molecule has 1 aliphatic rings. The van der Waals surface area contributed by atoms with Gasteiger partial charge in [0.2, 0.25) is 10.0 Å². The van der Waals surface area contributed by atoms with Crippen LogP contribution in [-0.4, -0.2) is 41.8 Å². The number of hydrogen-bond acceptors (Lipinski definition) is 5. The zero-order valence-corrected chi connectivity index (χ0v) is 15.3. The van der Waals surface area contributed by atoms with Crippen LogP contribution in [0.5, 0.6) is 11.5 Å². The summed E-state index contributed by atoms with van der Waals surface area (Å²) < 4.78 is 39.2. The van der Waals surface area contributed by atoms with Crippen LogP contribution in [0.2, 0.25) is 0 Å². The number of rotatable bonds is 5. The Morgan fingerprint density at radius 3 is 2.55 bits per heavy atom. The number of nitrogens with one attached hydrogen (secondary N) is 2. The van der Waals surface area contributed by atoms with E-state index in [1.165, 1.54) is 20.3 Å². The molecule has 1 aromatic rings.